The zero-order valence-electron chi connectivity index (χ0n) is 22.1. The summed E-state index contributed by atoms with van der Waals surface area (Å²) in [5.41, 5.74) is 1.51. The minimum atomic E-state index is -0.370. The number of allylic oxidation sites excluding steroid dienone is 2. The maximum atomic E-state index is 13.0. The van der Waals surface area contributed by atoms with Gasteiger partial charge in [0.25, 0.3) is 23.2 Å². The summed E-state index contributed by atoms with van der Waals surface area (Å²) in [6.07, 6.45) is 0. The topological polar surface area (TPSA) is 122 Å². The van der Waals surface area contributed by atoms with Crippen molar-refractivity contribution in [1.82, 2.24) is 9.80 Å². The second kappa shape index (κ2) is 10.7. The standard InChI is InChI=1S/C27H18N8O2S4/c1-7-34-23(36)21(40-25(34)15(11-28)30-5)32-17-9-13-19(38-17)20-14(27(13,3)4)10-18(39-20)33-22-24(37)35(8-2)26(41-22)16(12-29)31-6/h9-10H,7-8H2,1-4H3/b25-15-,26-16+,32-21?,33-22?. The average Bonchev–Trinajstić information content (AvgIpc) is 3.73. The highest BCUT2D eigenvalue weighted by Gasteiger charge is 2.41. The van der Waals surface area contributed by atoms with E-state index in [9.17, 15) is 20.1 Å². The van der Waals surface area contributed by atoms with Gasteiger partial charge in [-0.15, -0.1) is 22.7 Å². The number of nitriles is 2. The van der Waals surface area contributed by atoms with Gasteiger partial charge in [0.2, 0.25) is 0 Å². The Hall–Kier alpha value is -4.18. The van der Waals surface area contributed by atoms with E-state index in [0.717, 1.165) is 44.4 Å². The molecule has 202 valence electrons. The fourth-order valence-electron chi connectivity index (χ4n) is 4.58. The van der Waals surface area contributed by atoms with Crippen LogP contribution in [0.4, 0.5) is 10.0 Å². The van der Waals surface area contributed by atoms with Crippen LogP contribution in [0.1, 0.15) is 38.8 Å². The number of carbonyl (C=O) groups excluding carboxylic acids is 2. The molecular formula is C27H18N8O2S4. The fraction of sp³-hybridized carbons (Fsp3) is 0.259. The van der Waals surface area contributed by atoms with Crippen molar-refractivity contribution >= 4 is 78.1 Å². The molecule has 0 bridgehead atoms. The first-order valence-electron chi connectivity index (χ1n) is 12.1. The van der Waals surface area contributed by atoms with Gasteiger partial charge in [0, 0.05) is 18.5 Å². The van der Waals surface area contributed by atoms with Gasteiger partial charge in [-0.25, -0.2) is 30.2 Å². The maximum Gasteiger partial charge on any atom is 0.291 e. The summed E-state index contributed by atoms with van der Waals surface area (Å²) in [6, 6.07) is 7.66. The number of aliphatic imine (C=N–C) groups is 2. The average molecular weight is 615 g/mol. The van der Waals surface area contributed by atoms with Crippen molar-refractivity contribution in [3.63, 3.8) is 0 Å². The van der Waals surface area contributed by atoms with Gasteiger partial charge in [-0.05, 0) is 37.1 Å². The molecule has 0 spiro atoms. The Bertz CT molecular complexity index is 1680. The highest BCUT2D eigenvalue weighted by molar-refractivity contribution is 8.20. The Morgan fingerprint density at radius 2 is 1.24 bits per heavy atom. The van der Waals surface area contributed by atoms with Gasteiger partial charge in [0.15, 0.2) is 10.1 Å². The number of fused-ring (bicyclic) bond motifs is 3. The van der Waals surface area contributed by atoms with E-state index in [-0.39, 0.29) is 38.7 Å². The lowest BCUT2D eigenvalue weighted by Gasteiger charge is -2.18. The van der Waals surface area contributed by atoms with Crippen LogP contribution in [-0.2, 0) is 15.0 Å². The number of nitrogens with zero attached hydrogens (tertiary/aromatic N) is 8. The molecule has 3 aliphatic rings. The number of rotatable bonds is 4. The van der Waals surface area contributed by atoms with Crippen LogP contribution in [0, 0.1) is 35.8 Å². The Morgan fingerprint density at radius 1 is 0.854 bits per heavy atom. The molecule has 2 fully saturated rings. The first-order chi connectivity index (χ1) is 19.6. The molecule has 2 aliphatic heterocycles. The second-order valence-corrected chi connectivity index (χ2v) is 13.2. The maximum absolute atomic E-state index is 13.0. The van der Waals surface area contributed by atoms with E-state index < -0.39 is 0 Å². The van der Waals surface area contributed by atoms with E-state index in [1.807, 2.05) is 24.3 Å². The highest BCUT2D eigenvalue weighted by atomic mass is 32.2. The Balaban J connectivity index is 1.51. The smallest absolute Gasteiger partial charge is 0.291 e. The minimum Gasteiger partial charge on any atom is -0.309 e. The number of thiophene rings is 2. The van der Waals surface area contributed by atoms with Gasteiger partial charge in [-0.1, -0.05) is 37.4 Å². The zero-order valence-corrected chi connectivity index (χ0v) is 25.4. The van der Waals surface area contributed by atoms with Gasteiger partial charge >= 0.3 is 0 Å². The predicted octanol–water partition coefficient (Wildman–Crippen LogP) is 6.59. The Labute approximate surface area is 252 Å². The molecular weight excluding hydrogens is 597 g/mol. The van der Waals surface area contributed by atoms with E-state index >= 15 is 0 Å². The third-order valence-electron chi connectivity index (χ3n) is 6.62. The first-order valence-corrected chi connectivity index (χ1v) is 15.4. The molecule has 0 radical (unpaired) electrons. The predicted molar refractivity (Wildman–Crippen MR) is 162 cm³/mol. The van der Waals surface area contributed by atoms with Crippen LogP contribution in [-0.4, -0.2) is 44.8 Å². The molecule has 0 atom stereocenters. The summed E-state index contributed by atoms with van der Waals surface area (Å²) in [4.78, 5) is 46.6. The van der Waals surface area contributed by atoms with Crippen LogP contribution in [0.25, 0.3) is 19.4 Å². The largest absolute Gasteiger partial charge is 0.309 e. The lowest BCUT2D eigenvalue weighted by atomic mass is 9.84. The van der Waals surface area contributed by atoms with E-state index in [0.29, 0.717) is 33.1 Å². The molecule has 0 aromatic carbocycles. The van der Waals surface area contributed by atoms with E-state index in [2.05, 4.69) is 33.5 Å². The molecule has 41 heavy (non-hydrogen) atoms. The quantitative estimate of drug-likeness (QED) is 0.283. The molecule has 0 saturated carbocycles. The number of hydrogen-bond donors (Lipinski definition) is 0. The van der Waals surface area contributed by atoms with E-state index in [4.69, 9.17) is 13.1 Å². The van der Waals surface area contributed by atoms with Crippen LogP contribution in [0.15, 0.2) is 43.6 Å². The van der Waals surface area contributed by atoms with Crippen molar-refractivity contribution in [3.8, 4) is 21.9 Å². The molecule has 10 nitrogen and oxygen atoms in total. The van der Waals surface area contributed by atoms with E-state index in [1.165, 1.54) is 32.5 Å². The van der Waals surface area contributed by atoms with Gasteiger partial charge in [0.05, 0.1) is 35.0 Å². The fourth-order valence-corrected chi connectivity index (χ4v) is 9.32. The van der Waals surface area contributed by atoms with Crippen molar-refractivity contribution in [2.45, 2.75) is 33.1 Å². The molecule has 2 aromatic rings. The first kappa shape index (κ1) is 28.4. The lowest BCUT2D eigenvalue weighted by Crippen LogP contribution is -2.26. The number of thioether (sulfide) groups is 2. The summed E-state index contributed by atoms with van der Waals surface area (Å²) in [7, 11) is 0. The van der Waals surface area contributed by atoms with E-state index in [1.54, 1.807) is 13.8 Å². The third-order valence-corrected chi connectivity index (χ3v) is 11.0. The van der Waals surface area contributed by atoms with Gasteiger partial charge < -0.3 is 9.80 Å². The minimum absolute atomic E-state index is 0.135. The van der Waals surface area contributed by atoms with Crippen molar-refractivity contribution < 1.29 is 9.59 Å². The molecule has 14 heteroatoms. The summed E-state index contributed by atoms with van der Waals surface area (Å²) in [5, 5.41) is 21.0. The number of carbonyl (C=O) groups is 2. The summed E-state index contributed by atoms with van der Waals surface area (Å²) >= 11 is 4.98. The second-order valence-electron chi connectivity index (χ2n) is 9.17. The summed E-state index contributed by atoms with van der Waals surface area (Å²) in [6.45, 7) is 22.9. The summed E-state index contributed by atoms with van der Waals surface area (Å²) < 4.78 is 0. The third kappa shape index (κ3) is 4.46. The van der Waals surface area contributed by atoms with Crippen LogP contribution >= 0.6 is 46.2 Å². The molecule has 0 unspecified atom stereocenters. The highest BCUT2D eigenvalue weighted by Crippen LogP contribution is 2.58. The summed E-state index contributed by atoms with van der Waals surface area (Å²) in [5.74, 6) is -0.671. The van der Waals surface area contributed by atoms with Gasteiger partial charge in [-0.2, -0.15) is 0 Å². The normalized spacial score (nSPS) is 21.5. The van der Waals surface area contributed by atoms with Crippen molar-refractivity contribution in [2.24, 2.45) is 9.98 Å². The zero-order chi connectivity index (χ0) is 29.6. The Morgan fingerprint density at radius 3 is 1.56 bits per heavy atom. The van der Waals surface area contributed by atoms with Crippen molar-refractivity contribution in [1.29, 1.82) is 10.5 Å². The molecule has 2 saturated heterocycles. The number of amides is 2. The molecule has 1 aliphatic carbocycles. The Kier molecular flexibility index (Phi) is 7.37. The molecule has 2 aromatic heterocycles. The molecule has 0 N–H and O–H groups in total. The monoisotopic (exact) mass is 614 g/mol. The van der Waals surface area contributed by atoms with Gasteiger partial charge in [-0.3, -0.25) is 9.59 Å². The lowest BCUT2D eigenvalue weighted by molar-refractivity contribution is -0.121. The van der Waals surface area contributed by atoms with Crippen LogP contribution in [0.2, 0.25) is 0 Å². The van der Waals surface area contributed by atoms with Crippen LogP contribution in [0.5, 0.6) is 0 Å². The van der Waals surface area contributed by atoms with Crippen molar-refractivity contribution in [3.05, 3.63) is 67.5 Å². The number of hydrogen-bond acceptors (Lipinski definition) is 10. The molecule has 5 rings (SSSR count). The van der Waals surface area contributed by atoms with Gasteiger partial charge in [0.1, 0.15) is 20.1 Å². The van der Waals surface area contributed by atoms with Crippen LogP contribution < -0.4 is 0 Å². The molecule has 4 heterocycles. The SMILES string of the molecule is [C-]#[N+]/C(C#N)=C1\SC(=Nc2cc3c(s2)-c2sc(N=C4S/C(=C(\C#N)[N+]#[C-])N(CC)C4=O)cc2C3(C)C)C(=O)N1CC. The van der Waals surface area contributed by atoms with Crippen LogP contribution in [0.3, 0.4) is 0 Å². The molecule has 2 amide bonds. The van der Waals surface area contributed by atoms with Crippen molar-refractivity contribution in [2.75, 3.05) is 13.1 Å².